The molecule has 200 valence electrons. The molecule has 2 heterocycles. The standard InChI is InChI=1S/C20H24BFN4O11/c1-8(27)13(24-20(35)26-5-4-25(3-2-22)17(31)18(26)32)16(30)23-11-7-9-6-10(28)14(29)12(19(33)34)15(9)37-21(11)36/h6,8,11,13,27-29,36H,2-5,7H2,1H3,(H,23,30)(H,24,35)(H,33,34)/t8-,11?,13-/m1/s1. The van der Waals surface area contributed by atoms with Gasteiger partial charge in [-0.25, -0.2) is 14.0 Å². The summed E-state index contributed by atoms with van der Waals surface area (Å²) < 4.78 is 17.7. The fourth-order valence-corrected chi connectivity index (χ4v) is 3.92. The van der Waals surface area contributed by atoms with Crippen LogP contribution >= 0.6 is 0 Å². The molecule has 0 aromatic heterocycles. The number of halogens is 1. The molecule has 2 aliphatic rings. The van der Waals surface area contributed by atoms with Crippen LogP contribution in [-0.4, -0.2) is 116 Å². The zero-order chi connectivity index (χ0) is 27.6. The Morgan fingerprint density at radius 1 is 1.24 bits per heavy atom. The quantitative estimate of drug-likeness (QED) is 0.110. The van der Waals surface area contributed by atoms with Crippen LogP contribution in [0.1, 0.15) is 22.8 Å². The van der Waals surface area contributed by atoms with E-state index in [1.165, 1.54) is 0 Å². The number of phenolic OH excluding ortho intramolecular Hbond substituents is 1. The number of rotatable bonds is 7. The molecule has 7 N–H and O–H groups in total. The molecule has 0 radical (unpaired) electrons. The first-order valence-corrected chi connectivity index (χ1v) is 11.0. The Labute approximate surface area is 208 Å². The highest BCUT2D eigenvalue weighted by molar-refractivity contribution is 6.47. The summed E-state index contributed by atoms with van der Waals surface area (Å²) in [5.74, 6) is -8.45. The van der Waals surface area contributed by atoms with Crippen LogP contribution < -0.4 is 15.3 Å². The van der Waals surface area contributed by atoms with E-state index < -0.39 is 84.4 Å². The Balaban J connectivity index is 1.72. The summed E-state index contributed by atoms with van der Waals surface area (Å²) in [6.07, 6.45) is -1.79. The number of carboxylic acids is 1. The average molecular weight is 526 g/mol. The number of aromatic carboxylic acids is 1. The number of fused-ring (bicyclic) bond motifs is 1. The van der Waals surface area contributed by atoms with Crippen molar-refractivity contribution >= 4 is 36.8 Å². The van der Waals surface area contributed by atoms with Crippen molar-refractivity contribution in [1.82, 2.24) is 20.4 Å². The fourth-order valence-electron chi connectivity index (χ4n) is 3.92. The van der Waals surface area contributed by atoms with Crippen molar-refractivity contribution in [1.29, 1.82) is 0 Å². The molecular weight excluding hydrogens is 502 g/mol. The third-order valence-corrected chi connectivity index (χ3v) is 5.83. The lowest BCUT2D eigenvalue weighted by Crippen LogP contribution is -2.63. The van der Waals surface area contributed by atoms with E-state index in [1.807, 2.05) is 0 Å². The summed E-state index contributed by atoms with van der Waals surface area (Å²) in [5, 5.41) is 53.8. The van der Waals surface area contributed by atoms with Crippen LogP contribution in [-0.2, 0) is 20.8 Å². The minimum atomic E-state index is -1.83. The van der Waals surface area contributed by atoms with E-state index in [4.69, 9.17) is 4.65 Å². The number of carbonyl (C=O) groups excluding carboxylic acids is 4. The number of amides is 5. The van der Waals surface area contributed by atoms with Crippen LogP contribution in [0.2, 0.25) is 0 Å². The van der Waals surface area contributed by atoms with E-state index in [9.17, 15) is 53.8 Å². The molecule has 1 unspecified atom stereocenters. The van der Waals surface area contributed by atoms with Gasteiger partial charge in [-0.1, -0.05) is 0 Å². The lowest BCUT2D eigenvalue weighted by Gasteiger charge is -2.34. The lowest BCUT2D eigenvalue weighted by molar-refractivity contribution is -0.153. The third kappa shape index (κ3) is 5.51. The zero-order valence-corrected chi connectivity index (χ0v) is 19.4. The van der Waals surface area contributed by atoms with Crippen molar-refractivity contribution in [3.05, 3.63) is 17.2 Å². The van der Waals surface area contributed by atoms with Crippen LogP contribution in [0.3, 0.4) is 0 Å². The fraction of sp³-hybridized carbons (Fsp3) is 0.450. The molecule has 3 rings (SSSR count). The number of piperazine rings is 1. The van der Waals surface area contributed by atoms with E-state index >= 15 is 0 Å². The molecule has 37 heavy (non-hydrogen) atoms. The summed E-state index contributed by atoms with van der Waals surface area (Å²) in [5.41, 5.74) is -0.769. The highest BCUT2D eigenvalue weighted by Crippen LogP contribution is 2.41. The molecule has 0 spiro atoms. The molecule has 15 nitrogen and oxygen atoms in total. The smallest absolute Gasteiger partial charge is 0.534 e. The Bertz CT molecular complexity index is 1130. The van der Waals surface area contributed by atoms with Crippen molar-refractivity contribution in [2.24, 2.45) is 0 Å². The SMILES string of the molecule is C[C@@H](O)[C@@H](NC(=O)N1CCN(CCF)C(=O)C1=O)C(=O)NC1Cc2cc(O)c(O)c(C(=O)O)c2OB1O. The number of imide groups is 1. The number of phenols is 2. The van der Waals surface area contributed by atoms with Gasteiger partial charge in [0.2, 0.25) is 5.91 Å². The van der Waals surface area contributed by atoms with Crippen molar-refractivity contribution in [3.8, 4) is 17.2 Å². The van der Waals surface area contributed by atoms with Crippen LogP contribution in [0, 0.1) is 0 Å². The van der Waals surface area contributed by atoms with Gasteiger partial charge in [-0.3, -0.25) is 19.3 Å². The molecule has 1 aromatic carbocycles. The number of hydrogen-bond acceptors (Lipinski definition) is 10. The first-order valence-electron chi connectivity index (χ1n) is 11.0. The number of aromatic hydroxyl groups is 2. The first kappa shape index (κ1) is 27.5. The highest BCUT2D eigenvalue weighted by atomic mass is 19.1. The molecule has 3 atom stereocenters. The molecule has 0 saturated carbocycles. The van der Waals surface area contributed by atoms with Crippen molar-refractivity contribution < 1.29 is 58.5 Å². The third-order valence-electron chi connectivity index (χ3n) is 5.83. The van der Waals surface area contributed by atoms with E-state index in [1.54, 1.807) is 0 Å². The van der Waals surface area contributed by atoms with Gasteiger partial charge in [0.25, 0.3) is 0 Å². The summed E-state index contributed by atoms with van der Waals surface area (Å²) in [4.78, 5) is 62.6. The van der Waals surface area contributed by atoms with Gasteiger partial charge in [-0.15, -0.1) is 0 Å². The molecule has 0 aliphatic carbocycles. The predicted octanol–water partition coefficient (Wildman–Crippen LogP) is -2.67. The summed E-state index contributed by atoms with van der Waals surface area (Å²) in [6.45, 7) is -0.453. The second kappa shape index (κ2) is 10.9. The lowest BCUT2D eigenvalue weighted by atomic mass is 9.72. The summed E-state index contributed by atoms with van der Waals surface area (Å²) in [6, 6.07) is -1.85. The number of benzene rings is 1. The number of hydrogen-bond donors (Lipinski definition) is 7. The number of alkyl halides is 1. The van der Waals surface area contributed by atoms with Crippen LogP contribution in [0.25, 0.3) is 0 Å². The first-order chi connectivity index (χ1) is 17.4. The van der Waals surface area contributed by atoms with E-state index in [2.05, 4.69) is 10.6 Å². The molecule has 17 heteroatoms. The van der Waals surface area contributed by atoms with Crippen molar-refractivity contribution in [2.75, 3.05) is 26.3 Å². The van der Waals surface area contributed by atoms with Crippen molar-refractivity contribution in [2.45, 2.75) is 31.4 Å². The topological polar surface area (TPSA) is 226 Å². The van der Waals surface area contributed by atoms with Gasteiger partial charge in [0, 0.05) is 19.6 Å². The number of aliphatic hydroxyl groups is 1. The van der Waals surface area contributed by atoms with Crippen LogP contribution in [0.4, 0.5) is 9.18 Å². The number of carbonyl (C=O) groups is 5. The Kier molecular flexibility index (Phi) is 8.07. The van der Waals surface area contributed by atoms with Gasteiger partial charge < -0.3 is 45.6 Å². The van der Waals surface area contributed by atoms with Gasteiger partial charge in [0.15, 0.2) is 11.5 Å². The Morgan fingerprint density at radius 3 is 2.51 bits per heavy atom. The summed E-state index contributed by atoms with van der Waals surface area (Å²) >= 11 is 0. The summed E-state index contributed by atoms with van der Waals surface area (Å²) in [7, 11) is -1.83. The van der Waals surface area contributed by atoms with Gasteiger partial charge in [0.1, 0.15) is 24.0 Å². The average Bonchev–Trinajstić information content (AvgIpc) is 2.82. The maximum atomic E-state index is 12.9. The van der Waals surface area contributed by atoms with E-state index in [0.29, 0.717) is 4.90 Å². The van der Waals surface area contributed by atoms with Gasteiger partial charge >= 0.3 is 30.9 Å². The number of urea groups is 1. The van der Waals surface area contributed by atoms with Gasteiger partial charge in [-0.2, -0.15) is 0 Å². The monoisotopic (exact) mass is 526 g/mol. The second-order valence-corrected chi connectivity index (χ2v) is 8.35. The highest BCUT2D eigenvalue weighted by Gasteiger charge is 2.42. The zero-order valence-electron chi connectivity index (χ0n) is 19.4. The normalized spacial score (nSPS) is 19.0. The van der Waals surface area contributed by atoms with Crippen LogP contribution in [0.5, 0.6) is 17.2 Å². The predicted molar refractivity (Wildman–Crippen MR) is 119 cm³/mol. The minimum Gasteiger partial charge on any atom is -0.534 e. The molecule has 1 fully saturated rings. The van der Waals surface area contributed by atoms with Gasteiger partial charge in [0.05, 0.1) is 12.0 Å². The maximum Gasteiger partial charge on any atom is 0.547 e. The molecule has 0 bridgehead atoms. The largest absolute Gasteiger partial charge is 0.547 e. The molecule has 1 aromatic rings. The molecule has 1 saturated heterocycles. The number of carboxylic acid groups (broad SMARTS) is 1. The van der Waals surface area contributed by atoms with E-state index in [-0.39, 0.29) is 31.6 Å². The molecule has 2 aliphatic heterocycles. The van der Waals surface area contributed by atoms with Crippen molar-refractivity contribution in [3.63, 3.8) is 0 Å². The molecular formula is C20H24BFN4O11. The van der Waals surface area contributed by atoms with Gasteiger partial charge in [-0.05, 0) is 25.0 Å². The maximum absolute atomic E-state index is 12.9. The Hall–Kier alpha value is -4.12. The van der Waals surface area contributed by atoms with E-state index in [0.717, 1.165) is 17.9 Å². The number of nitrogens with one attached hydrogen (secondary N) is 2. The Morgan fingerprint density at radius 2 is 1.92 bits per heavy atom. The number of nitrogens with zero attached hydrogens (tertiary/aromatic N) is 2. The van der Waals surface area contributed by atoms with Crippen LogP contribution in [0.15, 0.2) is 6.07 Å². The number of aliphatic hydroxyl groups excluding tert-OH is 1. The second-order valence-electron chi connectivity index (χ2n) is 8.35. The minimum absolute atomic E-state index is 0.0243. The molecule has 5 amide bonds.